The van der Waals surface area contributed by atoms with E-state index >= 15 is 0 Å². The molecule has 2 aliphatic heterocycles. The van der Waals surface area contributed by atoms with Crippen molar-refractivity contribution in [3.05, 3.63) is 23.8 Å². The van der Waals surface area contributed by atoms with Crippen LogP contribution in [0.15, 0.2) is 18.2 Å². The Balaban J connectivity index is 1.77. The third-order valence-corrected chi connectivity index (χ3v) is 3.77. The highest BCUT2D eigenvalue weighted by Crippen LogP contribution is 2.27. The number of fused-ring (bicyclic) bond motifs is 1. The molecule has 1 aromatic carbocycles. The van der Waals surface area contributed by atoms with Crippen LogP contribution in [0.4, 0.5) is 11.4 Å². The van der Waals surface area contributed by atoms with E-state index in [2.05, 4.69) is 10.6 Å². The smallest absolute Gasteiger partial charge is 0.244 e. The molecule has 0 aromatic heterocycles. The molecule has 2 N–H and O–H groups in total. The first-order valence-corrected chi connectivity index (χ1v) is 6.58. The average molecular weight is 259 g/mol. The van der Waals surface area contributed by atoms with Crippen molar-refractivity contribution in [2.45, 2.75) is 25.3 Å². The molecule has 1 atom stereocenters. The lowest BCUT2D eigenvalue weighted by Gasteiger charge is -2.19. The molecule has 1 fully saturated rings. The van der Waals surface area contributed by atoms with Gasteiger partial charge in [0.05, 0.1) is 0 Å². The molecule has 2 amide bonds. The monoisotopic (exact) mass is 259 g/mol. The second-order valence-electron chi connectivity index (χ2n) is 5.17. The molecule has 3 rings (SSSR count). The summed E-state index contributed by atoms with van der Waals surface area (Å²) >= 11 is 0. The number of benzene rings is 1. The molecule has 19 heavy (non-hydrogen) atoms. The molecule has 0 bridgehead atoms. The number of carbonyl (C=O) groups excluding carboxylic acids is 2. The van der Waals surface area contributed by atoms with Crippen LogP contribution < -0.4 is 10.6 Å². The summed E-state index contributed by atoms with van der Waals surface area (Å²) < 4.78 is 0. The van der Waals surface area contributed by atoms with Gasteiger partial charge in [0.2, 0.25) is 11.8 Å². The summed E-state index contributed by atoms with van der Waals surface area (Å²) in [5.41, 5.74) is 2.90. The molecule has 5 heteroatoms. The lowest BCUT2D eigenvalue weighted by Crippen LogP contribution is -2.31. The highest BCUT2D eigenvalue weighted by molar-refractivity contribution is 5.94. The maximum atomic E-state index is 11.8. The van der Waals surface area contributed by atoms with Crippen molar-refractivity contribution < 1.29 is 9.59 Å². The Kier molecular flexibility index (Phi) is 2.89. The number of carbonyl (C=O) groups is 2. The molecule has 1 saturated heterocycles. The van der Waals surface area contributed by atoms with Crippen LogP contribution in [0.3, 0.4) is 0 Å². The fourth-order valence-corrected chi connectivity index (χ4v) is 2.62. The minimum absolute atomic E-state index is 0.0568. The zero-order valence-electron chi connectivity index (χ0n) is 10.9. The van der Waals surface area contributed by atoms with E-state index in [0.29, 0.717) is 6.42 Å². The number of anilines is 2. The second-order valence-corrected chi connectivity index (χ2v) is 5.17. The van der Waals surface area contributed by atoms with Crippen molar-refractivity contribution in [2.75, 3.05) is 24.2 Å². The lowest BCUT2D eigenvalue weighted by molar-refractivity contribution is -0.127. The third kappa shape index (κ3) is 2.28. The number of hydrogen-bond donors (Lipinski definition) is 2. The number of nitrogens with one attached hydrogen (secondary N) is 2. The van der Waals surface area contributed by atoms with Crippen LogP contribution in [-0.4, -0.2) is 36.3 Å². The number of likely N-dealkylation sites (tertiary alicyclic amines) is 1. The maximum Gasteiger partial charge on any atom is 0.244 e. The molecule has 0 radical (unpaired) electrons. The lowest BCUT2D eigenvalue weighted by atomic mass is 10.0. The standard InChI is InChI=1S/C14H17N3O2/c1-17-7-6-11(14(17)19)15-10-4-2-9-3-5-13(18)16-12(9)8-10/h2,4,8,11,15H,3,5-7H2,1H3,(H,16,18)/t11-/m0/s1. The number of likely N-dealkylation sites (N-methyl/N-ethyl adjacent to an activating group) is 1. The molecule has 1 aromatic rings. The van der Waals surface area contributed by atoms with Gasteiger partial charge in [-0.1, -0.05) is 6.07 Å². The highest BCUT2D eigenvalue weighted by Gasteiger charge is 2.28. The largest absolute Gasteiger partial charge is 0.374 e. The van der Waals surface area contributed by atoms with Crippen LogP contribution in [0.5, 0.6) is 0 Å². The predicted molar refractivity (Wildman–Crippen MR) is 73.1 cm³/mol. The third-order valence-electron chi connectivity index (χ3n) is 3.77. The molecule has 100 valence electrons. The van der Waals surface area contributed by atoms with E-state index in [4.69, 9.17) is 0 Å². The number of aryl methyl sites for hydroxylation is 1. The molecular formula is C14H17N3O2. The Morgan fingerprint density at radius 1 is 1.32 bits per heavy atom. The van der Waals surface area contributed by atoms with Gasteiger partial charge < -0.3 is 15.5 Å². The first-order chi connectivity index (χ1) is 9.13. The Bertz CT molecular complexity index is 541. The van der Waals surface area contributed by atoms with E-state index in [1.807, 2.05) is 25.2 Å². The van der Waals surface area contributed by atoms with Gasteiger partial charge >= 0.3 is 0 Å². The Morgan fingerprint density at radius 3 is 2.89 bits per heavy atom. The first kappa shape index (κ1) is 12.0. The molecule has 0 saturated carbocycles. The van der Waals surface area contributed by atoms with E-state index in [-0.39, 0.29) is 17.9 Å². The SMILES string of the molecule is CN1CC[C@H](Nc2ccc3c(c2)NC(=O)CC3)C1=O. The Morgan fingerprint density at radius 2 is 2.16 bits per heavy atom. The van der Waals surface area contributed by atoms with E-state index in [1.54, 1.807) is 4.90 Å². The van der Waals surface area contributed by atoms with Crippen LogP contribution >= 0.6 is 0 Å². The molecule has 0 unspecified atom stereocenters. The van der Waals surface area contributed by atoms with E-state index < -0.39 is 0 Å². The van der Waals surface area contributed by atoms with Crippen LogP contribution in [0, 0.1) is 0 Å². The van der Waals surface area contributed by atoms with Gasteiger partial charge in [-0.3, -0.25) is 9.59 Å². The van der Waals surface area contributed by atoms with E-state index in [9.17, 15) is 9.59 Å². The summed E-state index contributed by atoms with van der Waals surface area (Å²) in [6, 6.07) is 5.75. The molecule has 5 nitrogen and oxygen atoms in total. The summed E-state index contributed by atoms with van der Waals surface area (Å²) in [7, 11) is 1.82. The topological polar surface area (TPSA) is 61.4 Å². The zero-order valence-corrected chi connectivity index (χ0v) is 10.9. The van der Waals surface area contributed by atoms with Gasteiger partial charge in [-0.05, 0) is 30.5 Å². The average Bonchev–Trinajstić information content (AvgIpc) is 2.70. The van der Waals surface area contributed by atoms with Gasteiger partial charge in [-0.25, -0.2) is 0 Å². The van der Waals surface area contributed by atoms with Crippen LogP contribution in [0.1, 0.15) is 18.4 Å². The number of nitrogens with zero attached hydrogens (tertiary/aromatic N) is 1. The summed E-state index contributed by atoms with van der Waals surface area (Å²) in [4.78, 5) is 25.0. The van der Waals surface area contributed by atoms with Gasteiger partial charge in [-0.15, -0.1) is 0 Å². The Hall–Kier alpha value is -2.04. The van der Waals surface area contributed by atoms with Gasteiger partial charge in [0.1, 0.15) is 6.04 Å². The molecule has 2 heterocycles. The second kappa shape index (κ2) is 4.57. The number of hydrogen-bond acceptors (Lipinski definition) is 3. The van der Waals surface area contributed by atoms with Crippen molar-refractivity contribution in [3.63, 3.8) is 0 Å². The van der Waals surface area contributed by atoms with E-state index in [1.165, 1.54) is 0 Å². The van der Waals surface area contributed by atoms with Gasteiger partial charge in [-0.2, -0.15) is 0 Å². The van der Waals surface area contributed by atoms with Crippen LogP contribution in [0.25, 0.3) is 0 Å². The number of rotatable bonds is 2. The maximum absolute atomic E-state index is 11.8. The summed E-state index contributed by atoms with van der Waals surface area (Å²) in [6.45, 7) is 0.790. The Labute approximate surface area is 112 Å². The van der Waals surface area contributed by atoms with Gasteiger partial charge in [0.25, 0.3) is 0 Å². The van der Waals surface area contributed by atoms with Crippen LogP contribution in [-0.2, 0) is 16.0 Å². The van der Waals surface area contributed by atoms with Gasteiger partial charge in [0.15, 0.2) is 0 Å². The first-order valence-electron chi connectivity index (χ1n) is 6.58. The summed E-state index contributed by atoms with van der Waals surface area (Å²) in [5.74, 6) is 0.183. The molecule has 0 aliphatic carbocycles. The van der Waals surface area contributed by atoms with Gasteiger partial charge in [0, 0.05) is 31.4 Å². The summed E-state index contributed by atoms with van der Waals surface area (Å²) in [6.07, 6.45) is 2.15. The van der Waals surface area contributed by atoms with Crippen molar-refractivity contribution in [1.29, 1.82) is 0 Å². The van der Waals surface area contributed by atoms with Crippen molar-refractivity contribution in [3.8, 4) is 0 Å². The van der Waals surface area contributed by atoms with Crippen molar-refractivity contribution >= 4 is 23.2 Å². The fourth-order valence-electron chi connectivity index (χ4n) is 2.62. The van der Waals surface area contributed by atoms with Crippen LogP contribution in [0.2, 0.25) is 0 Å². The summed E-state index contributed by atoms with van der Waals surface area (Å²) in [5, 5.41) is 6.11. The van der Waals surface area contributed by atoms with Crippen molar-refractivity contribution in [2.24, 2.45) is 0 Å². The quantitative estimate of drug-likeness (QED) is 0.839. The fraction of sp³-hybridized carbons (Fsp3) is 0.429. The normalized spacial score (nSPS) is 22.2. The molecule has 0 spiro atoms. The van der Waals surface area contributed by atoms with E-state index in [0.717, 1.165) is 36.3 Å². The molecular weight excluding hydrogens is 242 g/mol. The zero-order chi connectivity index (χ0) is 13.4. The predicted octanol–water partition coefficient (Wildman–Crippen LogP) is 1.21. The van der Waals surface area contributed by atoms with Crippen molar-refractivity contribution in [1.82, 2.24) is 4.90 Å². The minimum Gasteiger partial charge on any atom is -0.374 e. The number of amides is 2. The molecule has 2 aliphatic rings. The highest BCUT2D eigenvalue weighted by atomic mass is 16.2. The minimum atomic E-state index is -0.151.